The zero-order valence-corrected chi connectivity index (χ0v) is 13.9. The molecule has 1 amide bonds. The van der Waals surface area contributed by atoms with Crippen LogP contribution in [0.25, 0.3) is 0 Å². The van der Waals surface area contributed by atoms with Gasteiger partial charge in [-0.2, -0.15) is 0 Å². The molecule has 0 spiro atoms. The molecule has 6 heteroatoms. The standard InChI is InChI=1S/C16H13BrClNO3/c17-11-3-4-13(12(18)8-11)19-16(20)6-2-10-1-5-14-15(7-10)22-9-21-14/h1,3-5,7-8H,2,6,9H2,(H,19,20). The molecule has 0 unspecified atom stereocenters. The molecule has 1 heterocycles. The number of amides is 1. The number of carbonyl (C=O) groups excluding carboxylic acids is 1. The summed E-state index contributed by atoms with van der Waals surface area (Å²) in [5.41, 5.74) is 1.64. The lowest BCUT2D eigenvalue weighted by molar-refractivity contribution is -0.116. The summed E-state index contributed by atoms with van der Waals surface area (Å²) in [4.78, 5) is 12.0. The van der Waals surface area contributed by atoms with E-state index in [4.69, 9.17) is 21.1 Å². The third-order valence-corrected chi connectivity index (χ3v) is 4.09. The molecule has 0 aromatic heterocycles. The summed E-state index contributed by atoms with van der Waals surface area (Å²) in [6.07, 6.45) is 0.989. The van der Waals surface area contributed by atoms with Crippen LogP contribution in [0.5, 0.6) is 11.5 Å². The fourth-order valence-electron chi connectivity index (χ4n) is 2.16. The van der Waals surface area contributed by atoms with Crippen molar-refractivity contribution in [2.75, 3.05) is 12.1 Å². The SMILES string of the molecule is O=C(CCc1ccc2c(c1)OCO2)Nc1ccc(Br)cc1Cl. The number of benzene rings is 2. The Kier molecular flexibility index (Phi) is 4.55. The molecule has 1 aliphatic rings. The molecule has 4 nitrogen and oxygen atoms in total. The van der Waals surface area contributed by atoms with Crippen LogP contribution >= 0.6 is 27.5 Å². The second kappa shape index (κ2) is 6.58. The Hall–Kier alpha value is -1.72. The van der Waals surface area contributed by atoms with Crippen molar-refractivity contribution < 1.29 is 14.3 Å². The number of anilines is 1. The van der Waals surface area contributed by atoms with E-state index in [1.165, 1.54) is 0 Å². The number of aryl methyl sites for hydroxylation is 1. The number of ether oxygens (including phenoxy) is 2. The van der Waals surface area contributed by atoms with Gasteiger partial charge in [-0.15, -0.1) is 0 Å². The smallest absolute Gasteiger partial charge is 0.231 e. The van der Waals surface area contributed by atoms with Gasteiger partial charge in [0.15, 0.2) is 11.5 Å². The highest BCUT2D eigenvalue weighted by atomic mass is 79.9. The third kappa shape index (κ3) is 3.54. The van der Waals surface area contributed by atoms with Crippen molar-refractivity contribution in [3.05, 3.63) is 51.5 Å². The highest BCUT2D eigenvalue weighted by Gasteiger charge is 2.14. The average molecular weight is 383 g/mol. The Morgan fingerprint density at radius 2 is 2.00 bits per heavy atom. The summed E-state index contributed by atoms with van der Waals surface area (Å²) in [5.74, 6) is 1.39. The molecule has 3 rings (SSSR count). The first kappa shape index (κ1) is 15.2. The van der Waals surface area contributed by atoms with Gasteiger partial charge in [0.2, 0.25) is 12.7 Å². The largest absolute Gasteiger partial charge is 0.454 e. The van der Waals surface area contributed by atoms with Crippen LogP contribution in [-0.2, 0) is 11.2 Å². The van der Waals surface area contributed by atoms with E-state index in [1.54, 1.807) is 12.1 Å². The quantitative estimate of drug-likeness (QED) is 0.852. The van der Waals surface area contributed by atoms with Crippen LogP contribution < -0.4 is 14.8 Å². The zero-order chi connectivity index (χ0) is 15.5. The molecular weight excluding hydrogens is 370 g/mol. The second-order valence-corrected chi connectivity index (χ2v) is 6.18. The molecule has 2 aromatic carbocycles. The molecule has 0 fully saturated rings. The molecule has 114 valence electrons. The van der Waals surface area contributed by atoms with Crippen LogP contribution in [0.3, 0.4) is 0 Å². The molecular formula is C16H13BrClNO3. The van der Waals surface area contributed by atoms with Gasteiger partial charge < -0.3 is 14.8 Å². The lowest BCUT2D eigenvalue weighted by atomic mass is 10.1. The summed E-state index contributed by atoms with van der Waals surface area (Å²) < 4.78 is 11.5. The summed E-state index contributed by atoms with van der Waals surface area (Å²) in [7, 11) is 0. The first-order valence-corrected chi connectivity index (χ1v) is 7.92. The highest BCUT2D eigenvalue weighted by Crippen LogP contribution is 2.32. The van der Waals surface area contributed by atoms with E-state index in [0.717, 1.165) is 21.5 Å². The maximum Gasteiger partial charge on any atom is 0.231 e. The number of carbonyl (C=O) groups is 1. The van der Waals surface area contributed by atoms with Gasteiger partial charge in [0.1, 0.15) is 0 Å². The van der Waals surface area contributed by atoms with Crippen LogP contribution in [0.15, 0.2) is 40.9 Å². The number of halogens is 2. The first-order chi connectivity index (χ1) is 10.6. The van der Waals surface area contributed by atoms with Crippen molar-refractivity contribution in [3.8, 4) is 11.5 Å². The number of rotatable bonds is 4. The maximum absolute atomic E-state index is 12.0. The normalized spacial score (nSPS) is 12.3. The van der Waals surface area contributed by atoms with Crippen LogP contribution in [0.4, 0.5) is 5.69 Å². The van der Waals surface area contributed by atoms with E-state index in [9.17, 15) is 4.79 Å². The fraction of sp³-hybridized carbons (Fsp3) is 0.188. The predicted octanol–water partition coefficient (Wildman–Crippen LogP) is 4.40. The van der Waals surface area contributed by atoms with Crippen molar-refractivity contribution >= 4 is 39.1 Å². The van der Waals surface area contributed by atoms with Crippen LogP contribution in [-0.4, -0.2) is 12.7 Å². The number of nitrogens with one attached hydrogen (secondary N) is 1. The van der Waals surface area contributed by atoms with Gasteiger partial charge >= 0.3 is 0 Å². The van der Waals surface area contributed by atoms with Gasteiger partial charge in [-0.05, 0) is 42.3 Å². The van der Waals surface area contributed by atoms with Gasteiger partial charge in [-0.25, -0.2) is 0 Å². The number of hydrogen-bond acceptors (Lipinski definition) is 3. The molecule has 2 aromatic rings. The molecule has 1 aliphatic heterocycles. The molecule has 22 heavy (non-hydrogen) atoms. The monoisotopic (exact) mass is 381 g/mol. The van der Waals surface area contributed by atoms with Crippen molar-refractivity contribution in [1.29, 1.82) is 0 Å². The maximum atomic E-state index is 12.0. The first-order valence-electron chi connectivity index (χ1n) is 6.75. The number of fused-ring (bicyclic) bond motifs is 1. The Balaban J connectivity index is 1.58. The number of hydrogen-bond donors (Lipinski definition) is 1. The minimum absolute atomic E-state index is 0.0816. The Morgan fingerprint density at radius 3 is 2.82 bits per heavy atom. The van der Waals surface area contributed by atoms with Gasteiger partial charge in [-0.3, -0.25) is 4.79 Å². The van der Waals surface area contributed by atoms with Gasteiger partial charge in [0, 0.05) is 10.9 Å². The van der Waals surface area contributed by atoms with E-state index in [1.807, 2.05) is 24.3 Å². The predicted molar refractivity (Wildman–Crippen MR) is 88.7 cm³/mol. The minimum Gasteiger partial charge on any atom is -0.454 e. The van der Waals surface area contributed by atoms with Gasteiger partial charge in [0.25, 0.3) is 0 Å². The summed E-state index contributed by atoms with van der Waals surface area (Å²) >= 11 is 9.41. The molecule has 0 bridgehead atoms. The topological polar surface area (TPSA) is 47.6 Å². The van der Waals surface area contributed by atoms with Crippen molar-refractivity contribution in [2.24, 2.45) is 0 Å². The molecule has 0 saturated carbocycles. The van der Waals surface area contributed by atoms with E-state index in [2.05, 4.69) is 21.2 Å². The van der Waals surface area contributed by atoms with Crippen molar-refractivity contribution in [2.45, 2.75) is 12.8 Å². The third-order valence-electron chi connectivity index (χ3n) is 3.28. The highest BCUT2D eigenvalue weighted by molar-refractivity contribution is 9.10. The summed E-state index contributed by atoms with van der Waals surface area (Å²) in [6, 6.07) is 11.1. The lowest BCUT2D eigenvalue weighted by Crippen LogP contribution is -2.12. The van der Waals surface area contributed by atoms with E-state index < -0.39 is 0 Å². The van der Waals surface area contributed by atoms with Crippen molar-refractivity contribution in [3.63, 3.8) is 0 Å². The average Bonchev–Trinajstić information content (AvgIpc) is 2.95. The zero-order valence-electron chi connectivity index (χ0n) is 11.6. The summed E-state index contributed by atoms with van der Waals surface area (Å²) in [6.45, 7) is 0.251. The molecule has 0 saturated heterocycles. The summed E-state index contributed by atoms with van der Waals surface area (Å²) in [5, 5.41) is 3.32. The van der Waals surface area contributed by atoms with E-state index in [-0.39, 0.29) is 12.7 Å². The Bertz CT molecular complexity index is 721. The van der Waals surface area contributed by atoms with E-state index >= 15 is 0 Å². The van der Waals surface area contributed by atoms with Crippen LogP contribution in [0.2, 0.25) is 5.02 Å². The molecule has 0 radical (unpaired) electrons. The van der Waals surface area contributed by atoms with Gasteiger partial charge in [0.05, 0.1) is 10.7 Å². The van der Waals surface area contributed by atoms with Crippen LogP contribution in [0, 0.1) is 0 Å². The molecule has 0 atom stereocenters. The molecule has 0 aliphatic carbocycles. The molecule has 1 N–H and O–H groups in total. The minimum atomic E-state index is -0.0816. The van der Waals surface area contributed by atoms with Crippen LogP contribution in [0.1, 0.15) is 12.0 Å². The van der Waals surface area contributed by atoms with Gasteiger partial charge in [-0.1, -0.05) is 33.6 Å². The Morgan fingerprint density at radius 1 is 1.18 bits per heavy atom. The van der Waals surface area contributed by atoms with Crippen molar-refractivity contribution in [1.82, 2.24) is 0 Å². The Labute approximate surface area is 141 Å². The second-order valence-electron chi connectivity index (χ2n) is 4.86. The fourth-order valence-corrected chi connectivity index (χ4v) is 2.88. The van der Waals surface area contributed by atoms with E-state index in [0.29, 0.717) is 23.6 Å². The lowest BCUT2D eigenvalue weighted by Gasteiger charge is -2.08.